The van der Waals surface area contributed by atoms with Crippen LogP contribution in [0.15, 0.2) is 24.3 Å². The molecular formula is C13H19NO. The van der Waals surface area contributed by atoms with Gasteiger partial charge < -0.3 is 10.4 Å². The minimum atomic E-state index is -0.166. The first-order chi connectivity index (χ1) is 7.00. The van der Waals surface area contributed by atoms with Gasteiger partial charge >= 0.3 is 0 Å². The van der Waals surface area contributed by atoms with Crippen LogP contribution in [0.3, 0.4) is 0 Å². The molecule has 0 spiro atoms. The second-order valence-electron chi connectivity index (χ2n) is 5.14. The number of hydrogen-bond acceptors (Lipinski definition) is 2. The van der Waals surface area contributed by atoms with E-state index >= 15 is 0 Å². The summed E-state index contributed by atoms with van der Waals surface area (Å²) in [6.07, 6.45) is 0.682. The highest BCUT2D eigenvalue weighted by atomic mass is 16.3. The van der Waals surface area contributed by atoms with E-state index in [2.05, 4.69) is 50.4 Å². The molecule has 1 aliphatic rings. The molecular weight excluding hydrogens is 186 g/mol. The van der Waals surface area contributed by atoms with Gasteiger partial charge in [0.25, 0.3) is 0 Å². The molecule has 1 aromatic carbocycles. The van der Waals surface area contributed by atoms with E-state index < -0.39 is 0 Å². The van der Waals surface area contributed by atoms with Crippen molar-refractivity contribution in [2.75, 3.05) is 5.32 Å². The Labute approximate surface area is 91.3 Å². The average molecular weight is 205 g/mol. The summed E-state index contributed by atoms with van der Waals surface area (Å²) in [5.41, 5.74) is 2.41. The Morgan fingerprint density at radius 3 is 2.33 bits per heavy atom. The summed E-state index contributed by atoms with van der Waals surface area (Å²) < 4.78 is 0. The fourth-order valence-corrected chi connectivity index (χ4v) is 2.00. The van der Waals surface area contributed by atoms with Gasteiger partial charge in [-0.15, -0.1) is 0 Å². The first kappa shape index (κ1) is 10.5. The fourth-order valence-electron chi connectivity index (χ4n) is 2.00. The Kier molecular flexibility index (Phi) is 2.47. The molecule has 0 aliphatic heterocycles. The zero-order valence-corrected chi connectivity index (χ0v) is 9.62. The van der Waals surface area contributed by atoms with Crippen LogP contribution in [0.5, 0.6) is 0 Å². The Morgan fingerprint density at radius 2 is 1.87 bits per heavy atom. The zero-order chi connectivity index (χ0) is 11.1. The number of aliphatic hydroxyl groups is 1. The van der Waals surface area contributed by atoms with Crippen molar-refractivity contribution < 1.29 is 5.11 Å². The molecule has 0 radical (unpaired) electrons. The van der Waals surface area contributed by atoms with Crippen LogP contribution in [0.2, 0.25) is 0 Å². The topological polar surface area (TPSA) is 32.3 Å². The standard InChI is InChI=1S/C13H19NO/c1-9-4-6-10(7-5-9)14-11-8-12(15)13(11,2)3/h4-7,11-12,14-15H,8H2,1-3H3. The molecule has 2 atom stereocenters. The van der Waals surface area contributed by atoms with Crippen molar-refractivity contribution in [3.63, 3.8) is 0 Å². The Bertz CT molecular complexity index is 342. The van der Waals surface area contributed by atoms with Gasteiger partial charge in [0.1, 0.15) is 0 Å². The summed E-state index contributed by atoms with van der Waals surface area (Å²) in [5.74, 6) is 0. The number of nitrogens with one attached hydrogen (secondary N) is 1. The van der Waals surface area contributed by atoms with Gasteiger partial charge in [-0.3, -0.25) is 0 Å². The summed E-state index contributed by atoms with van der Waals surface area (Å²) in [5, 5.41) is 13.1. The molecule has 0 bridgehead atoms. The van der Waals surface area contributed by atoms with Crippen LogP contribution in [0.1, 0.15) is 25.8 Å². The number of aliphatic hydroxyl groups excluding tert-OH is 1. The smallest absolute Gasteiger partial charge is 0.0630 e. The lowest BCUT2D eigenvalue weighted by Crippen LogP contribution is -2.56. The Morgan fingerprint density at radius 1 is 1.27 bits per heavy atom. The largest absolute Gasteiger partial charge is 0.392 e. The maximum atomic E-state index is 9.63. The molecule has 2 N–H and O–H groups in total. The van der Waals surface area contributed by atoms with Gasteiger partial charge in [0, 0.05) is 17.1 Å². The van der Waals surface area contributed by atoms with Gasteiger partial charge in [-0.25, -0.2) is 0 Å². The Balaban J connectivity index is 2.02. The highest BCUT2D eigenvalue weighted by molar-refractivity contribution is 5.46. The van der Waals surface area contributed by atoms with Crippen LogP contribution in [-0.4, -0.2) is 17.3 Å². The van der Waals surface area contributed by atoms with Gasteiger partial charge in [0.05, 0.1) is 6.10 Å². The van der Waals surface area contributed by atoms with Crippen molar-refractivity contribution in [3.8, 4) is 0 Å². The van der Waals surface area contributed by atoms with Crippen LogP contribution in [-0.2, 0) is 0 Å². The predicted molar refractivity (Wildman–Crippen MR) is 63.0 cm³/mol. The molecule has 1 aromatic rings. The summed E-state index contributed by atoms with van der Waals surface area (Å²) in [4.78, 5) is 0. The SMILES string of the molecule is Cc1ccc(NC2CC(O)C2(C)C)cc1. The highest BCUT2D eigenvalue weighted by Gasteiger charge is 2.47. The van der Waals surface area contributed by atoms with Gasteiger partial charge in [0.2, 0.25) is 0 Å². The third-order valence-corrected chi connectivity index (χ3v) is 3.61. The van der Waals surface area contributed by atoms with Crippen LogP contribution < -0.4 is 5.32 Å². The maximum Gasteiger partial charge on any atom is 0.0630 e. The molecule has 0 amide bonds. The highest BCUT2D eigenvalue weighted by Crippen LogP contribution is 2.42. The number of hydrogen-bond donors (Lipinski definition) is 2. The quantitative estimate of drug-likeness (QED) is 0.777. The van der Waals surface area contributed by atoms with E-state index in [1.165, 1.54) is 5.56 Å². The van der Waals surface area contributed by atoms with Gasteiger partial charge in [-0.1, -0.05) is 31.5 Å². The first-order valence-electron chi connectivity index (χ1n) is 5.51. The van der Waals surface area contributed by atoms with Crippen molar-refractivity contribution in [1.82, 2.24) is 0 Å². The van der Waals surface area contributed by atoms with Crippen LogP contribution in [0.25, 0.3) is 0 Å². The monoisotopic (exact) mass is 205 g/mol. The van der Waals surface area contributed by atoms with E-state index in [0.717, 1.165) is 12.1 Å². The summed E-state index contributed by atoms with van der Waals surface area (Å²) in [6.45, 7) is 6.29. The molecule has 0 heterocycles. The van der Waals surface area contributed by atoms with Crippen molar-refractivity contribution in [2.45, 2.75) is 39.3 Å². The van der Waals surface area contributed by atoms with Gasteiger partial charge in [-0.05, 0) is 25.5 Å². The number of anilines is 1. The predicted octanol–water partition coefficient (Wildman–Crippen LogP) is 2.57. The molecule has 15 heavy (non-hydrogen) atoms. The average Bonchev–Trinajstić information content (AvgIpc) is 2.21. The normalized spacial score (nSPS) is 28.3. The number of rotatable bonds is 2. The molecule has 0 aromatic heterocycles. The van der Waals surface area contributed by atoms with Crippen LogP contribution >= 0.6 is 0 Å². The number of benzene rings is 1. The van der Waals surface area contributed by atoms with E-state index in [-0.39, 0.29) is 11.5 Å². The second-order valence-corrected chi connectivity index (χ2v) is 5.14. The minimum absolute atomic E-state index is 0.00904. The summed E-state index contributed by atoms with van der Waals surface area (Å²) in [6, 6.07) is 8.77. The third kappa shape index (κ3) is 1.86. The minimum Gasteiger partial charge on any atom is -0.392 e. The van der Waals surface area contributed by atoms with Gasteiger partial charge in [0.15, 0.2) is 0 Å². The molecule has 1 aliphatic carbocycles. The molecule has 0 saturated heterocycles. The molecule has 1 fully saturated rings. The van der Waals surface area contributed by atoms with Crippen LogP contribution in [0, 0.1) is 12.3 Å². The fraction of sp³-hybridized carbons (Fsp3) is 0.538. The van der Waals surface area contributed by atoms with Crippen molar-refractivity contribution in [3.05, 3.63) is 29.8 Å². The second kappa shape index (κ2) is 3.53. The van der Waals surface area contributed by atoms with E-state index in [9.17, 15) is 5.11 Å². The van der Waals surface area contributed by atoms with Crippen molar-refractivity contribution >= 4 is 5.69 Å². The zero-order valence-electron chi connectivity index (χ0n) is 9.62. The van der Waals surface area contributed by atoms with Crippen LogP contribution in [0.4, 0.5) is 5.69 Å². The first-order valence-corrected chi connectivity index (χ1v) is 5.51. The Hall–Kier alpha value is -1.02. The molecule has 2 rings (SSSR count). The lowest BCUT2D eigenvalue weighted by molar-refractivity contribution is -0.0510. The lowest BCUT2D eigenvalue weighted by Gasteiger charge is -2.49. The van der Waals surface area contributed by atoms with E-state index in [0.29, 0.717) is 6.04 Å². The van der Waals surface area contributed by atoms with Crippen molar-refractivity contribution in [1.29, 1.82) is 0 Å². The molecule has 1 saturated carbocycles. The summed E-state index contributed by atoms with van der Waals surface area (Å²) in [7, 11) is 0. The molecule has 2 heteroatoms. The lowest BCUT2D eigenvalue weighted by atomic mass is 9.64. The molecule has 2 nitrogen and oxygen atoms in total. The number of aryl methyl sites for hydroxylation is 1. The van der Waals surface area contributed by atoms with Gasteiger partial charge in [-0.2, -0.15) is 0 Å². The third-order valence-electron chi connectivity index (χ3n) is 3.61. The maximum absolute atomic E-state index is 9.63. The summed E-state index contributed by atoms with van der Waals surface area (Å²) >= 11 is 0. The molecule has 82 valence electrons. The molecule has 2 unspecified atom stereocenters. The van der Waals surface area contributed by atoms with E-state index in [1.807, 2.05) is 0 Å². The van der Waals surface area contributed by atoms with E-state index in [4.69, 9.17) is 0 Å². The van der Waals surface area contributed by atoms with E-state index in [1.54, 1.807) is 0 Å². The van der Waals surface area contributed by atoms with Crippen molar-refractivity contribution in [2.24, 2.45) is 5.41 Å².